The average Bonchev–Trinajstić information content (AvgIpc) is 2.27. The van der Waals surface area contributed by atoms with Crippen molar-refractivity contribution in [3.63, 3.8) is 0 Å². The van der Waals surface area contributed by atoms with Crippen LogP contribution in [0.2, 0.25) is 0 Å². The van der Waals surface area contributed by atoms with Crippen LogP contribution in [-0.4, -0.2) is 48.1 Å². The third kappa shape index (κ3) is 1.82. The van der Waals surface area contributed by atoms with Crippen LogP contribution < -0.4 is 0 Å². The number of fused-ring (bicyclic) bond motifs is 1. The third-order valence-corrected chi connectivity index (χ3v) is 4.08. The Hall–Kier alpha value is -0.0800. The van der Waals surface area contributed by atoms with Crippen LogP contribution in [0, 0.1) is 0 Å². The molecule has 2 atom stereocenters. The standard InChI is InChI=1S/C12H24N2/c1-3-13-9-5-8-12-11(13)7-6-10-14(12)4-2/h11-12H,3-10H2,1-2H3/t11-,12-/m0/s1. The fourth-order valence-corrected chi connectivity index (χ4v) is 3.36. The van der Waals surface area contributed by atoms with Gasteiger partial charge in [-0.2, -0.15) is 0 Å². The van der Waals surface area contributed by atoms with Crippen LogP contribution in [0.1, 0.15) is 39.5 Å². The molecule has 2 aliphatic rings. The first-order chi connectivity index (χ1) is 6.86. The van der Waals surface area contributed by atoms with E-state index >= 15 is 0 Å². The third-order valence-electron chi connectivity index (χ3n) is 4.08. The summed E-state index contributed by atoms with van der Waals surface area (Å²) in [6.45, 7) is 9.81. The van der Waals surface area contributed by atoms with E-state index in [4.69, 9.17) is 0 Å². The van der Waals surface area contributed by atoms with Crippen molar-refractivity contribution in [1.82, 2.24) is 9.80 Å². The van der Waals surface area contributed by atoms with Crippen molar-refractivity contribution in [2.75, 3.05) is 26.2 Å². The highest BCUT2D eigenvalue weighted by Crippen LogP contribution is 2.29. The molecule has 2 rings (SSSR count). The Labute approximate surface area is 88.3 Å². The second-order valence-corrected chi connectivity index (χ2v) is 4.68. The molecule has 0 aromatic rings. The number of rotatable bonds is 2. The molecule has 2 heteroatoms. The molecule has 2 aliphatic heterocycles. The molecule has 14 heavy (non-hydrogen) atoms. The van der Waals surface area contributed by atoms with Crippen LogP contribution in [0.5, 0.6) is 0 Å². The van der Waals surface area contributed by atoms with Gasteiger partial charge in [0.05, 0.1) is 0 Å². The first-order valence-corrected chi connectivity index (χ1v) is 6.35. The van der Waals surface area contributed by atoms with Crippen LogP contribution in [0.4, 0.5) is 0 Å². The molecule has 82 valence electrons. The molecule has 0 amide bonds. The van der Waals surface area contributed by atoms with E-state index in [-0.39, 0.29) is 0 Å². The maximum Gasteiger partial charge on any atom is 0.0251 e. The summed E-state index contributed by atoms with van der Waals surface area (Å²) in [5, 5.41) is 0. The lowest BCUT2D eigenvalue weighted by Crippen LogP contribution is -2.58. The van der Waals surface area contributed by atoms with E-state index in [9.17, 15) is 0 Å². The topological polar surface area (TPSA) is 6.48 Å². The number of hydrogen-bond donors (Lipinski definition) is 0. The molecular weight excluding hydrogens is 172 g/mol. The van der Waals surface area contributed by atoms with Crippen LogP contribution in [0.3, 0.4) is 0 Å². The van der Waals surface area contributed by atoms with Gasteiger partial charge in [0.2, 0.25) is 0 Å². The first kappa shape index (κ1) is 10.4. The Bertz CT molecular complexity index is 161. The molecule has 0 spiro atoms. The highest BCUT2D eigenvalue weighted by Gasteiger charge is 2.35. The number of likely N-dealkylation sites (N-methyl/N-ethyl adjacent to an activating group) is 2. The van der Waals surface area contributed by atoms with Gasteiger partial charge < -0.3 is 0 Å². The summed E-state index contributed by atoms with van der Waals surface area (Å²) >= 11 is 0. The second-order valence-electron chi connectivity index (χ2n) is 4.68. The molecule has 0 aliphatic carbocycles. The monoisotopic (exact) mass is 196 g/mol. The molecule has 2 fully saturated rings. The fraction of sp³-hybridized carbons (Fsp3) is 1.00. The van der Waals surface area contributed by atoms with Crippen molar-refractivity contribution < 1.29 is 0 Å². The van der Waals surface area contributed by atoms with Crippen LogP contribution >= 0.6 is 0 Å². The van der Waals surface area contributed by atoms with Gasteiger partial charge in [0, 0.05) is 12.1 Å². The molecule has 2 nitrogen and oxygen atoms in total. The summed E-state index contributed by atoms with van der Waals surface area (Å²) in [7, 11) is 0. The minimum absolute atomic E-state index is 0.877. The summed E-state index contributed by atoms with van der Waals surface area (Å²) < 4.78 is 0. The highest BCUT2D eigenvalue weighted by atomic mass is 15.3. The van der Waals surface area contributed by atoms with E-state index in [1.54, 1.807) is 0 Å². The van der Waals surface area contributed by atoms with Gasteiger partial charge in [0.15, 0.2) is 0 Å². The predicted octanol–water partition coefficient (Wildman–Crippen LogP) is 1.95. The van der Waals surface area contributed by atoms with E-state index in [1.165, 1.54) is 51.9 Å². The number of likely N-dealkylation sites (tertiary alicyclic amines) is 2. The van der Waals surface area contributed by atoms with Crippen LogP contribution in [0.25, 0.3) is 0 Å². The Morgan fingerprint density at radius 2 is 1.29 bits per heavy atom. The largest absolute Gasteiger partial charge is 0.299 e. The molecule has 0 radical (unpaired) electrons. The quantitative estimate of drug-likeness (QED) is 0.666. The van der Waals surface area contributed by atoms with Gasteiger partial charge in [0.1, 0.15) is 0 Å². The fourth-order valence-electron chi connectivity index (χ4n) is 3.36. The maximum atomic E-state index is 2.70. The average molecular weight is 196 g/mol. The van der Waals surface area contributed by atoms with E-state index in [0.29, 0.717) is 0 Å². The van der Waals surface area contributed by atoms with E-state index in [0.717, 1.165) is 12.1 Å². The van der Waals surface area contributed by atoms with Crippen molar-refractivity contribution in [1.29, 1.82) is 0 Å². The second kappa shape index (κ2) is 4.63. The molecule has 0 aromatic heterocycles. The zero-order chi connectivity index (χ0) is 9.97. The summed E-state index contributed by atoms with van der Waals surface area (Å²) in [6, 6.07) is 1.75. The zero-order valence-corrected chi connectivity index (χ0v) is 9.71. The number of nitrogens with zero attached hydrogens (tertiary/aromatic N) is 2. The van der Waals surface area contributed by atoms with Gasteiger partial charge in [-0.3, -0.25) is 9.80 Å². The Balaban J connectivity index is 2.04. The first-order valence-electron chi connectivity index (χ1n) is 6.35. The molecule has 0 bridgehead atoms. The van der Waals surface area contributed by atoms with Gasteiger partial charge in [-0.15, -0.1) is 0 Å². The van der Waals surface area contributed by atoms with Gasteiger partial charge in [-0.1, -0.05) is 13.8 Å². The maximum absolute atomic E-state index is 2.70. The van der Waals surface area contributed by atoms with Crippen molar-refractivity contribution in [3.05, 3.63) is 0 Å². The van der Waals surface area contributed by atoms with Crippen molar-refractivity contribution >= 4 is 0 Å². The molecule has 0 N–H and O–H groups in total. The normalized spacial score (nSPS) is 35.6. The van der Waals surface area contributed by atoms with Crippen molar-refractivity contribution in [2.24, 2.45) is 0 Å². The predicted molar refractivity (Wildman–Crippen MR) is 60.5 cm³/mol. The zero-order valence-electron chi connectivity index (χ0n) is 9.71. The van der Waals surface area contributed by atoms with Crippen molar-refractivity contribution in [3.8, 4) is 0 Å². The van der Waals surface area contributed by atoms with Gasteiger partial charge >= 0.3 is 0 Å². The van der Waals surface area contributed by atoms with Gasteiger partial charge in [-0.05, 0) is 51.9 Å². The highest BCUT2D eigenvalue weighted by molar-refractivity contribution is 4.93. The minimum atomic E-state index is 0.877. The molecular formula is C12H24N2. The summed E-state index contributed by atoms with van der Waals surface area (Å²) in [4.78, 5) is 5.41. The number of piperidine rings is 2. The molecule has 0 aromatic carbocycles. The van der Waals surface area contributed by atoms with Crippen molar-refractivity contribution in [2.45, 2.75) is 51.6 Å². The number of hydrogen-bond acceptors (Lipinski definition) is 2. The smallest absolute Gasteiger partial charge is 0.0251 e. The summed E-state index contributed by atoms with van der Waals surface area (Å²) in [5.41, 5.74) is 0. The van der Waals surface area contributed by atoms with Gasteiger partial charge in [0.25, 0.3) is 0 Å². The van der Waals surface area contributed by atoms with Crippen LogP contribution in [-0.2, 0) is 0 Å². The SMILES string of the molecule is CCN1CCC[C@H]2[C@@H]1CCCN2CC. The minimum Gasteiger partial charge on any atom is -0.299 e. The lowest BCUT2D eigenvalue weighted by Gasteiger charge is -2.49. The summed E-state index contributed by atoms with van der Waals surface area (Å²) in [6.07, 6.45) is 5.70. The van der Waals surface area contributed by atoms with E-state index < -0.39 is 0 Å². The van der Waals surface area contributed by atoms with E-state index in [2.05, 4.69) is 23.6 Å². The van der Waals surface area contributed by atoms with E-state index in [1.807, 2.05) is 0 Å². The Morgan fingerprint density at radius 3 is 1.64 bits per heavy atom. The lowest BCUT2D eigenvalue weighted by atomic mass is 9.88. The molecule has 2 heterocycles. The molecule has 2 saturated heterocycles. The molecule has 0 saturated carbocycles. The molecule has 0 unspecified atom stereocenters. The lowest BCUT2D eigenvalue weighted by molar-refractivity contribution is 0.0119. The Kier molecular flexibility index (Phi) is 3.45. The van der Waals surface area contributed by atoms with Crippen LogP contribution in [0.15, 0.2) is 0 Å². The summed E-state index contributed by atoms with van der Waals surface area (Å²) in [5.74, 6) is 0. The Morgan fingerprint density at radius 1 is 0.857 bits per heavy atom. The van der Waals surface area contributed by atoms with Gasteiger partial charge in [-0.25, -0.2) is 0 Å².